The fourth-order valence-electron chi connectivity index (χ4n) is 1.19. The van der Waals surface area contributed by atoms with E-state index in [1.54, 1.807) is 6.92 Å². The lowest BCUT2D eigenvalue weighted by Crippen LogP contribution is -2.11. The van der Waals surface area contributed by atoms with Gasteiger partial charge in [0, 0.05) is 0 Å². The third-order valence-electron chi connectivity index (χ3n) is 2.00. The van der Waals surface area contributed by atoms with Crippen LogP contribution in [-0.2, 0) is 25.2 Å². The van der Waals surface area contributed by atoms with Gasteiger partial charge in [-0.15, -0.1) is 0 Å². The highest BCUT2D eigenvalue weighted by atomic mass is 32.3. The third kappa shape index (κ3) is 4.74. The maximum absolute atomic E-state index is 11.0. The van der Waals surface area contributed by atoms with Crippen molar-refractivity contribution < 1.29 is 16.8 Å². The van der Waals surface area contributed by atoms with Crippen molar-refractivity contribution >= 4 is 10.4 Å². The summed E-state index contributed by atoms with van der Waals surface area (Å²) in [5.41, 5.74) is 2.21. The molecule has 0 saturated heterocycles. The van der Waals surface area contributed by atoms with E-state index in [1.807, 2.05) is 31.2 Å². The van der Waals surface area contributed by atoms with E-state index in [1.165, 1.54) is 5.56 Å². The summed E-state index contributed by atoms with van der Waals surface area (Å²) in [5.74, 6) is 0. The fraction of sp³-hybridized carbons (Fsp3) is 0.455. The number of rotatable bonds is 6. The van der Waals surface area contributed by atoms with Crippen LogP contribution >= 0.6 is 0 Å². The van der Waals surface area contributed by atoms with E-state index >= 15 is 0 Å². The second-order valence-corrected chi connectivity index (χ2v) is 4.66. The second kappa shape index (κ2) is 5.98. The van der Waals surface area contributed by atoms with Crippen molar-refractivity contribution in [2.75, 3.05) is 13.2 Å². The average Bonchev–Trinajstić information content (AvgIpc) is 2.20. The quantitative estimate of drug-likeness (QED) is 0.766. The molecule has 0 unspecified atom stereocenters. The van der Waals surface area contributed by atoms with Gasteiger partial charge in [0.05, 0.1) is 13.2 Å². The van der Waals surface area contributed by atoms with Crippen LogP contribution in [0, 0.1) is 6.92 Å². The Labute approximate surface area is 96.5 Å². The fourth-order valence-corrected chi connectivity index (χ4v) is 1.84. The summed E-state index contributed by atoms with van der Waals surface area (Å²) < 4.78 is 31.2. The first-order valence-electron chi connectivity index (χ1n) is 5.13. The van der Waals surface area contributed by atoms with Crippen molar-refractivity contribution in [3.8, 4) is 0 Å². The van der Waals surface area contributed by atoms with Gasteiger partial charge in [-0.25, -0.2) is 8.37 Å². The first-order valence-corrected chi connectivity index (χ1v) is 6.46. The molecule has 0 saturated carbocycles. The zero-order valence-corrected chi connectivity index (χ0v) is 10.3. The molecule has 1 aromatic rings. The molecule has 0 aliphatic rings. The summed E-state index contributed by atoms with van der Waals surface area (Å²) in [6.07, 6.45) is 0.548. The van der Waals surface area contributed by atoms with Crippen LogP contribution in [0.15, 0.2) is 24.3 Å². The highest BCUT2D eigenvalue weighted by Gasteiger charge is 2.09. The van der Waals surface area contributed by atoms with E-state index in [9.17, 15) is 8.42 Å². The minimum Gasteiger partial charge on any atom is -0.248 e. The predicted octanol–water partition coefficient (Wildman–Crippen LogP) is 1.84. The van der Waals surface area contributed by atoms with Gasteiger partial charge in [0.15, 0.2) is 0 Å². The Bertz CT molecular complexity index is 408. The van der Waals surface area contributed by atoms with Crippen LogP contribution in [0.1, 0.15) is 18.1 Å². The standard InChI is InChI=1S/C11H16O4S/c1-3-14-16(12,13)15-9-8-11-6-4-10(2)5-7-11/h4-7H,3,8-9H2,1-2H3. The lowest BCUT2D eigenvalue weighted by Gasteiger charge is -2.04. The van der Waals surface area contributed by atoms with Crippen molar-refractivity contribution in [1.82, 2.24) is 0 Å². The van der Waals surface area contributed by atoms with Gasteiger partial charge in [-0.3, -0.25) is 0 Å². The van der Waals surface area contributed by atoms with Gasteiger partial charge in [0.2, 0.25) is 0 Å². The zero-order chi connectivity index (χ0) is 12.0. The highest BCUT2D eigenvalue weighted by molar-refractivity contribution is 7.81. The van der Waals surface area contributed by atoms with E-state index in [4.69, 9.17) is 0 Å². The van der Waals surface area contributed by atoms with Crippen molar-refractivity contribution in [2.24, 2.45) is 0 Å². The SMILES string of the molecule is CCOS(=O)(=O)OCCc1ccc(C)cc1. The minimum absolute atomic E-state index is 0.0901. The Kier molecular flexibility index (Phi) is 4.92. The Morgan fingerprint density at radius 2 is 1.75 bits per heavy atom. The van der Waals surface area contributed by atoms with Gasteiger partial charge in [0.25, 0.3) is 0 Å². The molecule has 1 rings (SSSR count). The summed E-state index contributed by atoms with van der Waals surface area (Å²) in [4.78, 5) is 0. The van der Waals surface area contributed by atoms with Crippen LogP contribution in [0.25, 0.3) is 0 Å². The van der Waals surface area contributed by atoms with Crippen LogP contribution in [0.3, 0.4) is 0 Å². The molecule has 0 amide bonds. The summed E-state index contributed by atoms with van der Waals surface area (Å²) >= 11 is 0. The summed E-state index contributed by atoms with van der Waals surface area (Å²) in [5, 5.41) is 0. The van der Waals surface area contributed by atoms with E-state index in [0.29, 0.717) is 6.42 Å². The van der Waals surface area contributed by atoms with Gasteiger partial charge in [-0.1, -0.05) is 29.8 Å². The second-order valence-electron chi connectivity index (χ2n) is 3.37. The molecule has 0 fully saturated rings. The molecule has 0 spiro atoms. The van der Waals surface area contributed by atoms with Crippen molar-refractivity contribution in [3.63, 3.8) is 0 Å². The monoisotopic (exact) mass is 244 g/mol. The molecule has 0 heterocycles. The van der Waals surface area contributed by atoms with Gasteiger partial charge in [-0.2, -0.15) is 8.42 Å². The van der Waals surface area contributed by atoms with Crippen LogP contribution in [0.2, 0.25) is 0 Å². The molecular formula is C11H16O4S. The topological polar surface area (TPSA) is 52.6 Å². The van der Waals surface area contributed by atoms with Crippen LogP contribution in [-0.4, -0.2) is 21.6 Å². The largest absolute Gasteiger partial charge is 0.399 e. The first-order chi connectivity index (χ1) is 7.53. The summed E-state index contributed by atoms with van der Waals surface area (Å²) in [6.45, 7) is 3.79. The molecule has 0 bridgehead atoms. The minimum atomic E-state index is -3.81. The van der Waals surface area contributed by atoms with Crippen molar-refractivity contribution in [2.45, 2.75) is 20.3 Å². The number of hydrogen-bond acceptors (Lipinski definition) is 4. The Morgan fingerprint density at radius 1 is 1.12 bits per heavy atom. The molecule has 1 aromatic carbocycles. The molecule has 4 nitrogen and oxygen atoms in total. The molecular weight excluding hydrogens is 228 g/mol. The molecule has 0 radical (unpaired) electrons. The highest BCUT2D eigenvalue weighted by Crippen LogP contribution is 2.05. The first kappa shape index (κ1) is 13.2. The lowest BCUT2D eigenvalue weighted by molar-refractivity contribution is 0.224. The van der Waals surface area contributed by atoms with E-state index < -0.39 is 10.4 Å². The van der Waals surface area contributed by atoms with Gasteiger partial charge >= 0.3 is 10.4 Å². The van der Waals surface area contributed by atoms with Gasteiger partial charge in [0.1, 0.15) is 0 Å². The van der Waals surface area contributed by atoms with Crippen LogP contribution in [0.4, 0.5) is 0 Å². The zero-order valence-electron chi connectivity index (χ0n) is 9.47. The van der Waals surface area contributed by atoms with Gasteiger partial charge < -0.3 is 0 Å². The van der Waals surface area contributed by atoms with Crippen LogP contribution < -0.4 is 0 Å². The molecule has 0 aliphatic carbocycles. The molecule has 0 N–H and O–H groups in total. The normalized spacial score (nSPS) is 11.6. The van der Waals surface area contributed by atoms with E-state index in [-0.39, 0.29) is 13.2 Å². The smallest absolute Gasteiger partial charge is 0.248 e. The number of hydrogen-bond donors (Lipinski definition) is 0. The lowest BCUT2D eigenvalue weighted by atomic mass is 10.1. The van der Waals surface area contributed by atoms with Crippen molar-refractivity contribution in [3.05, 3.63) is 35.4 Å². The maximum atomic E-state index is 11.0. The molecule has 0 aromatic heterocycles. The Morgan fingerprint density at radius 3 is 2.31 bits per heavy atom. The Hall–Kier alpha value is -0.910. The number of aryl methyl sites for hydroxylation is 1. The average molecular weight is 244 g/mol. The van der Waals surface area contributed by atoms with Gasteiger partial charge in [-0.05, 0) is 25.8 Å². The molecule has 0 aliphatic heterocycles. The summed E-state index contributed by atoms with van der Waals surface area (Å²) in [6, 6.07) is 7.86. The molecule has 90 valence electrons. The molecule has 16 heavy (non-hydrogen) atoms. The Balaban J connectivity index is 2.39. The predicted molar refractivity (Wildman–Crippen MR) is 61.4 cm³/mol. The molecule has 0 atom stereocenters. The third-order valence-corrected chi connectivity index (χ3v) is 2.98. The number of benzene rings is 1. The van der Waals surface area contributed by atoms with Crippen molar-refractivity contribution in [1.29, 1.82) is 0 Å². The summed E-state index contributed by atoms with van der Waals surface area (Å²) in [7, 11) is -3.81. The van der Waals surface area contributed by atoms with E-state index in [2.05, 4.69) is 8.37 Å². The maximum Gasteiger partial charge on any atom is 0.399 e. The van der Waals surface area contributed by atoms with E-state index in [0.717, 1.165) is 5.56 Å². The molecule has 5 heteroatoms. The van der Waals surface area contributed by atoms with Crippen LogP contribution in [0.5, 0.6) is 0 Å².